The van der Waals surface area contributed by atoms with Gasteiger partial charge in [-0.1, -0.05) is 0 Å². The van der Waals surface area contributed by atoms with Crippen molar-refractivity contribution in [2.75, 3.05) is 26.8 Å². The molecule has 1 saturated heterocycles. The van der Waals surface area contributed by atoms with Gasteiger partial charge in [0.25, 0.3) is 0 Å². The van der Waals surface area contributed by atoms with Gasteiger partial charge in [-0.25, -0.2) is 0 Å². The van der Waals surface area contributed by atoms with Crippen LogP contribution in [-0.4, -0.2) is 37.5 Å². The second-order valence-electron chi connectivity index (χ2n) is 3.11. The molecule has 0 radical (unpaired) electrons. The second kappa shape index (κ2) is 4.04. The van der Waals surface area contributed by atoms with Crippen LogP contribution in [0.2, 0.25) is 0 Å². The Kier molecular flexibility index (Phi) is 3.30. The van der Waals surface area contributed by atoms with E-state index < -0.39 is 0 Å². The molecule has 0 bridgehead atoms. The lowest BCUT2D eigenvalue weighted by molar-refractivity contribution is -0.0495. The van der Waals surface area contributed by atoms with E-state index in [-0.39, 0.29) is 12.2 Å². The first kappa shape index (κ1) is 8.97. The summed E-state index contributed by atoms with van der Waals surface area (Å²) in [7, 11) is 1.74. The lowest BCUT2D eigenvalue weighted by Crippen LogP contribution is -2.43. The van der Waals surface area contributed by atoms with E-state index in [1.54, 1.807) is 7.11 Å². The highest BCUT2D eigenvalue weighted by Crippen LogP contribution is 2.25. The number of aliphatic hydroxyl groups excluding tert-OH is 1. The molecule has 0 atom stereocenters. The molecule has 0 aliphatic carbocycles. The van der Waals surface area contributed by atoms with Gasteiger partial charge in [-0.2, -0.15) is 0 Å². The van der Waals surface area contributed by atoms with E-state index in [1.807, 2.05) is 0 Å². The Morgan fingerprint density at radius 3 is 2.55 bits per heavy atom. The van der Waals surface area contributed by atoms with Crippen LogP contribution in [0.15, 0.2) is 0 Å². The normalized spacial score (nSPS) is 23.5. The van der Waals surface area contributed by atoms with Crippen LogP contribution in [0.1, 0.15) is 19.3 Å². The van der Waals surface area contributed by atoms with E-state index in [1.165, 1.54) is 0 Å². The van der Waals surface area contributed by atoms with Crippen molar-refractivity contribution in [3.8, 4) is 0 Å². The Labute approximate surface area is 67.7 Å². The molecule has 1 aliphatic heterocycles. The molecule has 0 spiro atoms. The zero-order valence-electron chi connectivity index (χ0n) is 7.10. The second-order valence-corrected chi connectivity index (χ2v) is 3.11. The molecular formula is C8H17NO2. The van der Waals surface area contributed by atoms with Gasteiger partial charge in [0.2, 0.25) is 0 Å². The number of hydrogen-bond donors (Lipinski definition) is 2. The summed E-state index contributed by atoms with van der Waals surface area (Å²) in [5.74, 6) is 0. The van der Waals surface area contributed by atoms with Crippen molar-refractivity contribution in [3.63, 3.8) is 0 Å². The summed E-state index contributed by atoms with van der Waals surface area (Å²) in [5.41, 5.74) is -0.0417. The van der Waals surface area contributed by atoms with Crippen LogP contribution in [0, 0.1) is 0 Å². The first-order chi connectivity index (χ1) is 5.33. The highest BCUT2D eigenvalue weighted by Gasteiger charge is 2.30. The molecule has 0 aromatic carbocycles. The van der Waals surface area contributed by atoms with Gasteiger partial charge in [0.05, 0.1) is 5.60 Å². The van der Waals surface area contributed by atoms with Crippen LogP contribution in [0.3, 0.4) is 0 Å². The molecule has 0 aromatic heterocycles. The smallest absolute Gasteiger partial charge is 0.0724 e. The Hall–Kier alpha value is -0.120. The monoisotopic (exact) mass is 159 g/mol. The zero-order valence-corrected chi connectivity index (χ0v) is 7.10. The van der Waals surface area contributed by atoms with Crippen LogP contribution in [0.25, 0.3) is 0 Å². The molecule has 2 N–H and O–H groups in total. The molecule has 66 valence electrons. The Bertz CT molecular complexity index is 105. The molecule has 1 fully saturated rings. The van der Waals surface area contributed by atoms with E-state index in [0.29, 0.717) is 0 Å². The average Bonchev–Trinajstić information content (AvgIpc) is 2.07. The molecule has 1 rings (SSSR count). The van der Waals surface area contributed by atoms with Gasteiger partial charge in [-0.15, -0.1) is 0 Å². The Balaban J connectivity index is 2.42. The third-order valence-corrected chi connectivity index (χ3v) is 2.52. The van der Waals surface area contributed by atoms with Crippen LogP contribution in [-0.2, 0) is 4.74 Å². The van der Waals surface area contributed by atoms with E-state index in [0.717, 1.165) is 32.4 Å². The molecule has 0 saturated carbocycles. The largest absolute Gasteiger partial charge is 0.396 e. The number of ether oxygens (including phenoxy) is 1. The minimum absolute atomic E-state index is 0.0417. The molecule has 0 amide bonds. The predicted molar refractivity (Wildman–Crippen MR) is 43.5 cm³/mol. The van der Waals surface area contributed by atoms with Crippen LogP contribution < -0.4 is 5.32 Å². The molecule has 1 aliphatic rings. The van der Waals surface area contributed by atoms with Crippen molar-refractivity contribution >= 4 is 0 Å². The van der Waals surface area contributed by atoms with Gasteiger partial charge in [-0.05, 0) is 32.4 Å². The minimum Gasteiger partial charge on any atom is -0.396 e. The molecule has 3 nitrogen and oxygen atoms in total. The lowest BCUT2D eigenvalue weighted by Gasteiger charge is -2.35. The number of nitrogens with one attached hydrogen (secondary N) is 1. The molecule has 1 heterocycles. The van der Waals surface area contributed by atoms with Gasteiger partial charge >= 0.3 is 0 Å². The fourth-order valence-corrected chi connectivity index (χ4v) is 1.64. The number of rotatable bonds is 3. The summed E-state index contributed by atoms with van der Waals surface area (Å²) < 4.78 is 5.42. The van der Waals surface area contributed by atoms with Gasteiger partial charge in [0.1, 0.15) is 0 Å². The standard InChI is InChI=1S/C8H17NO2/c1-11-8(4-7-10)2-5-9-6-3-8/h9-10H,2-7H2,1H3. The topological polar surface area (TPSA) is 41.5 Å². The predicted octanol–water partition coefficient (Wildman–Crippen LogP) is 0.137. The van der Waals surface area contributed by atoms with Crippen LogP contribution >= 0.6 is 0 Å². The summed E-state index contributed by atoms with van der Waals surface area (Å²) in [6.45, 7) is 2.25. The van der Waals surface area contributed by atoms with Gasteiger partial charge in [0.15, 0.2) is 0 Å². The third-order valence-electron chi connectivity index (χ3n) is 2.52. The molecule has 0 aromatic rings. The minimum atomic E-state index is -0.0417. The summed E-state index contributed by atoms with van der Waals surface area (Å²) >= 11 is 0. The summed E-state index contributed by atoms with van der Waals surface area (Å²) in [6.07, 6.45) is 2.80. The number of aliphatic hydroxyl groups is 1. The van der Waals surface area contributed by atoms with Crippen molar-refractivity contribution in [1.29, 1.82) is 0 Å². The first-order valence-electron chi connectivity index (χ1n) is 4.20. The van der Waals surface area contributed by atoms with Crippen molar-refractivity contribution in [2.24, 2.45) is 0 Å². The first-order valence-corrected chi connectivity index (χ1v) is 4.20. The van der Waals surface area contributed by atoms with Crippen LogP contribution in [0.5, 0.6) is 0 Å². The van der Waals surface area contributed by atoms with E-state index in [4.69, 9.17) is 9.84 Å². The van der Waals surface area contributed by atoms with Gasteiger partial charge < -0.3 is 15.2 Å². The van der Waals surface area contributed by atoms with Crippen molar-refractivity contribution < 1.29 is 9.84 Å². The maximum absolute atomic E-state index is 8.81. The number of hydrogen-bond acceptors (Lipinski definition) is 3. The van der Waals surface area contributed by atoms with E-state index in [9.17, 15) is 0 Å². The van der Waals surface area contributed by atoms with Crippen molar-refractivity contribution in [1.82, 2.24) is 5.32 Å². The maximum atomic E-state index is 8.81. The lowest BCUT2D eigenvalue weighted by atomic mass is 9.89. The summed E-state index contributed by atoms with van der Waals surface area (Å²) in [5, 5.41) is 12.1. The number of methoxy groups -OCH3 is 1. The molecular weight excluding hydrogens is 142 g/mol. The molecule has 3 heteroatoms. The number of piperidine rings is 1. The van der Waals surface area contributed by atoms with E-state index in [2.05, 4.69) is 5.32 Å². The summed E-state index contributed by atoms with van der Waals surface area (Å²) in [4.78, 5) is 0. The molecule has 0 unspecified atom stereocenters. The molecule has 11 heavy (non-hydrogen) atoms. The summed E-state index contributed by atoms with van der Waals surface area (Å²) in [6, 6.07) is 0. The van der Waals surface area contributed by atoms with Crippen molar-refractivity contribution in [2.45, 2.75) is 24.9 Å². The SMILES string of the molecule is COC1(CCO)CCNCC1. The van der Waals surface area contributed by atoms with Crippen molar-refractivity contribution in [3.05, 3.63) is 0 Å². The highest BCUT2D eigenvalue weighted by atomic mass is 16.5. The fraction of sp³-hybridized carbons (Fsp3) is 1.00. The van der Waals surface area contributed by atoms with E-state index >= 15 is 0 Å². The third kappa shape index (κ3) is 2.15. The van der Waals surface area contributed by atoms with Gasteiger partial charge in [0, 0.05) is 13.7 Å². The van der Waals surface area contributed by atoms with Gasteiger partial charge in [-0.3, -0.25) is 0 Å². The average molecular weight is 159 g/mol. The fourth-order valence-electron chi connectivity index (χ4n) is 1.64. The Morgan fingerprint density at radius 2 is 2.09 bits per heavy atom. The highest BCUT2D eigenvalue weighted by molar-refractivity contribution is 4.85. The van der Waals surface area contributed by atoms with Crippen LogP contribution in [0.4, 0.5) is 0 Å². The Morgan fingerprint density at radius 1 is 1.45 bits per heavy atom. The quantitative estimate of drug-likeness (QED) is 0.615. The zero-order chi connectivity index (χ0) is 8.16. The maximum Gasteiger partial charge on any atom is 0.0724 e.